The third kappa shape index (κ3) is 1.29. The van der Waals surface area contributed by atoms with Crippen molar-refractivity contribution >= 4 is 33.1 Å². The molecule has 3 nitrogen and oxygen atoms in total. The molecular formula is C18H12N2O. The van der Waals surface area contributed by atoms with Crippen LogP contribution in [0.1, 0.15) is 0 Å². The molecule has 2 heterocycles. The molecule has 0 radical (unpaired) electrons. The highest BCUT2D eigenvalue weighted by Crippen LogP contribution is 2.37. The number of benzene rings is 3. The average Bonchev–Trinajstić information content (AvgIpc) is 2.92. The molecular weight excluding hydrogens is 260 g/mol. The third-order valence-electron chi connectivity index (χ3n) is 4.33. The van der Waals surface area contributed by atoms with Crippen molar-refractivity contribution in [2.75, 3.05) is 0 Å². The Morgan fingerprint density at radius 3 is 2.48 bits per heavy atom. The lowest BCUT2D eigenvalue weighted by molar-refractivity contribution is -0.700. The predicted molar refractivity (Wildman–Crippen MR) is 84.4 cm³/mol. The zero-order valence-corrected chi connectivity index (χ0v) is 11.2. The Morgan fingerprint density at radius 1 is 0.810 bits per heavy atom. The zero-order valence-electron chi connectivity index (χ0n) is 11.2. The van der Waals surface area contributed by atoms with Gasteiger partial charge in [0, 0.05) is 17.6 Å². The lowest BCUT2D eigenvalue weighted by atomic mass is 10.0. The SMILES string of the molecule is [O-][NH+]1c2cccc3cccc(c23)-n2cc3ccccc3c21. The first-order valence-electron chi connectivity index (χ1n) is 7.01. The monoisotopic (exact) mass is 272 g/mol. The Labute approximate surface area is 121 Å². The van der Waals surface area contributed by atoms with Crippen molar-refractivity contribution in [2.24, 2.45) is 0 Å². The molecule has 1 aliphatic heterocycles. The zero-order chi connectivity index (χ0) is 14.0. The van der Waals surface area contributed by atoms with Crippen LogP contribution in [0.3, 0.4) is 0 Å². The lowest BCUT2D eigenvalue weighted by Crippen LogP contribution is -2.97. The van der Waals surface area contributed by atoms with E-state index in [1.807, 2.05) is 41.0 Å². The van der Waals surface area contributed by atoms with E-state index in [9.17, 15) is 5.21 Å². The molecule has 100 valence electrons. The van der Waals surface area contributed by atoms with Crippen molar-refractivity contribution in [3.63, 3.8) is 0 Å². The molecule has 1 aliphatic rings. The maximum absolute atomic E-state index is 12.9. The van der Waals surface area contributed by atoms with Crippen LogP contribution in [0.5, 0.6) is 0 Å². The van der Waals surface area contributed by atoms with Crippen LogP contribution >= 0.6 is 0 Å². The Balaban J connectivity index is 2.03. The van der Waals surface area contributed by atoms with Gasteiger partial charge in [0.25, 0.3) is 0 Å². The van der Waals surface area contributed by atoms with Gasteiger partial charge >= 0.3 is 0 Å². The van der Waals surface area contributed by atoms with E-state index in [1.54, 1.807) is 0 Å². The smallest absolute Gasteiger partial charge is 0.224 e. The Hall–Kier alpha value is -2.62. The minimum Gasteiger partial charge on any atom is -0.622 e. The van der Waals surface area contributed by atoms with Crippen molar-refractivity contribution in [3.8, 4) is 5.69 Å². The van der Waals surface area contributed by atoms with Gasteiger partial charge in [-0.25, -0.2) is 0 Å². The summed E-state index contributed by atoms with van der Waals surface area (Å²) in [4.78, 5) is 0. The largest absolute Gasteiger partial charge is 0.622 e. The quantitative estimate of drug-likeness (QED) is 0.489. The first kappa shape index (κ1) is 11.1. The topological polar surface area (TPSA) is 32.4 Å². The molecule has 21 heavy (non-hydrogen) atoms. The number of nitrogens with zero attached hydrogens (tertiary/aromatic N) is 1. The second kappa shape index (κ2) is 3.73. The molecule has 0 spiro atoms. The average molecular weight is 272 g/mol. The highest BCUT2D eigenvalue weighted by atomic mass is 16.5. The molecule has 1 atom stereocenters. The van der Waals surface area contributed by atoms with E-state index in [4.69, 9.17) is 0 Å². The Kier molecular flexibility index (Phi) is 1.97. The molecule has 3 aromatic carbocycles. The van der Waals surface area contributed by atoms with Gasteiger partial charge in [-0.05, 0) is 17.5 Å². The summed E-state index contributed by atoms with van der Waals surface area (Å²) >= 11 is 0. The standard InChI is InChI=1S/C18H12N2O/c21-20-16-10-4-7-12-6-3-9-15(17(12)16)19-11-13-5-1-2-8-14(13)18(19)20/h1-11,20H. The molecule has 4 aromatic rings. The molecule has 0 amide bonds. The van der Waals surface area contributed by atoms with Crippen molar-refractivity contribution in [3.05, 3.63) is 72.1 Å². The van der Waals surface area contributed by atoms with E-state index in [-0.39, 0.29) is 5.06 Å². The number of aromatic nitrogens is 1. The van der Waals surface area contributed by atoms with Crippen LogP contribution in [0.2, 0.25) is 0 Å². The van der Waals surface area contributed by atoms with Crippen LogP contribution in [0.15, 0.2) is 66.9 Å². The van der Waals surface area contributed by atoms with Crippen LogP contribution in [0, 0.1) is 5.21 Å². The normalized spacial score (nSPS) is 16.3. The van der Waals surface area contributed by atoms with Gasteiger partial charge in [-0.1, -0.05) is 42.5 Å². The molecule has 0 fully saturated rings. The van der Waals surface area contributed by atoms with E-state index in [0.717, 1.165) is 38.7 Å². The maximum Gasteiger partial charge on any atom is 0.224 e. The van der Waals surface area contributed by atoms with Gasteiger partial charge in [0.05, 0.1) is 16.5 Å². The van der Waals surface area contributed by atoms with E-state index in [2.05, 4.69) is 30.5 Å². The van der Waals surface area contributed by atoms with Gasteiger partial charge in [-0.2, -0.15) is 0 Å². The van der Waals surface area contributed by atoms with Gasteiger partial charge in [-0.15, -0.1) is 0 Å². The molecule has 3 heteroatoms. The molecule has 0 saturated heterocycles. The fraction of sp³-hybridized carbons (Fsp3) is 0. The number of hydrogen-bond acceptors (Lipinski definition) is 1. The van der Waals surface area contributed by atoms with Crippen LogP contribution in [-0.2, 0) is 0 Å². The second-order valence-electron chi connectivity index (χ2n) is 5.44. The summed E-state index contributed by atoms with van der Waals surface area (Å²) in [6.07, 6.45) is 2.06. The first-order chi connectivity index (χ1) is 10.3. The van der Waals surface area contributed by atoms with Crippen molar-refractivity contribution in [1.82, 2.24) is 4.57 Å². The van der Waals surface area contributed by atoms with Gasteiger partial charge in [0.15, 0.2) is 0 Å². The van der Waals surface area contributed by atoms with Crippen LogP contribution in [0.25, 0.3) is 27.2 Å². The molecule has 5 rings (SSSR count). The molecule has 0 bridgehead atoms. The maximum atomic E-state index is 12.9. The van der Waals surface area contributed by atoms with Gasteiger partial charge in [-0.3, -0.25) is 9.63 Å². The summed E-state index contributed by atoms with van der Waals surface area (Å²) in [5, 5.41) is 17.4. The summed E-state index contributed by atoms with van der Waals surface area (Å²) < 4.78 is 2.04. The van der Waals surface area contributed by atoms with Gasteiger partial charge < -0.3 is 5.21 Å². The van der Waals surface area contributed by atoms with Crippen LogP contribution < -0.4 is 5.06 Å². The number of nitrogens with one attached hydrogen (secondary N) is 1. The van der Waals surface area contributed by atoms with E-state index >= 15 is 0 Å². The molecule has 1 unspecified atom stereocenters. The summed E-state index contributed by atoms with van der Waals surface area (Å²) in [6.45, 7) is 0. The second-order valence-corrected chi connectivity index (χ2v) is 5.44. The van der Waals surface area contributed by atoms with Crippen molar-refractivity contribution < 1.29 is 5.06 Å². The van der Waals surface area contributed by atoms with E-state index < -0.39 is 0 Å². The molecule has 0 saturated carbocycles. The van der Waals surface area contributed by atoms with E-state index in [0.29, 0.717) is 0 Å². The predicted octanol–water partition coefficient (Wildman–Crippen LogP) is 3.44. The van der Waals surface area contributed by atoms with Crippen molar-refractivity contribution in [1.29, 1.82) is 0 Å². The fourth-order valence-electron chi connectivity index (χ4n) is 3.42. The lowest BCUT2D eigenvalue weighted by Gasteiger charge is -2.29. The van der Waals surface area contributed by atoms with Gasteiger partial charge in [0.2, 0.25) is 5.82 Å². The summed E-state index contributed by atoms with van der Waals surface area (Å²) in [5.74, 6) is 0.775. The summed E-state index contributed by atoms with van der Waals surface area (Å²) in [5.41, 5.74) is 1.90. The highest BCUT2D eigenvalue weighted by Gasteiger charge is 2.26. The molecule has 1 aromatic heterocycles. The Bertz CT molecular complexity index is 1010. The number of fused-ring (bicyclic) bond motifs is 4. The van der Waals surface area contributed by atoms with Gasteiger partial charge in [0.1, 0.15) is 5.69 Å². The fourth-order valence-corrected chi connectivity index (χ4v) is 3.42. The first-order valence-corrected chi connectivity index (χ1v) is 7.01. The number of hydrogen-bond donors (Lipinski definition) is 1. The number of rotatable bonds is 0. The molecule has 0 aliphatic carbocycles. The minimum absolute atomic E-state index is 0.112. The summed E-state index contributed by atoms with van der Waals surface area (Å²) in [7, 11) is 0. The number of quaternary nitrogens is 1. The highest BCUT2D eigenvalue weighted by molar-refractivity contribution is 6.02. The molecule has 1 N–H and O–H groups in total. The minimum atomic E-state index is 0.112. The van der Waals surface area contributed by atoms with Crippen LogP contribution in [0.4, 0.5) is 11.5 Å². The Morgan fingerprint density at radius 2 is 1.57 bits per heavy atom. The third-order valence-corrected chi connectivity index (χ3v) is 4.33. The summed E-state index contributed by atoms with van der Waals surface area (Å²) in [6, 6.07) is 20.2. The van der Waals surface area contributed by atoms with E-state index in [1.165, 1.54) is 0 Å². The van der Waals surface area contributed by atoms with Crippen molar-refractivity contribution in [2.45, 2.75) is 0 Å². The van der Waals surface area contributed by atoms with Crippen LogP contribution in [-0.4, -0.2) is 4.57 Å².